The third-order valence-corrected chi connectivity index (χ3v) is 2.05. The number of hydrogen-bond donors (Lipinski definition) is 1. The fourth-order valence-electron chi connectivity index (χ4n) is 1.22. The van der Waals surface area contributed by atoms with Gasteiger partial charge in [0.1, 0.15) is 11.5 Å². The molecule has 0 aliphatic carbocycles. The smallest absolute Gasteiger partial charge is 0.127 e. The fraction of sp³-hybridized carbons (Fsp3) is 0.273. The predicted octanol–water partition coefficient (Wildman–Crippen LogP) is 2.31. The van der Waals surface area contributed by atoms with E-state index in [0.29, 0.717) is 0 Å². The molecule has 0 amide bonds. The van der Waals surface area contributed by atoms with E-state index in [1.54, 1.807) is 26.4 Å². The van der Waals surface area contributed by atoms with Crippen LogP contribution in [0.25, 0.3) is 0 Å². The van der Waals surface area contributed by atoms with Gasteiger partial charge in [0.2, 0.25) is 0 Å². The van der Waals surface area contributed by atoms with E-state index in [0.717, 1.165) is 17.1 Å². The molecular weight excluding hydrogens is 214 g/mol. The van der Waals surface area contributed by atoms with Crippen molar-refractivity contribution in [1.29, 1.82) is 0 Å². The lowest BCUT2D eigenvalue weighted by atomic mass is 10.1. The van der Waals surface area contributed by atoms with Crippen molar-refractivity contribution in [3.05, 3.63) is 36.4 Å². The first-order valence-electron chi connectivity index (χ1n) is 4.33. The van der Waals surface area contributed by atoms with Crippen molar-refractivity contribution in [3.63, 3.8) is 0 Å². The van der Waals surface area contributed by atoms with E-state index < -0.39 is 0 Å². The summed E-state index contributed by atoms with van der Waals surface area (Å²) in [6, 6.07) is 5.32. The van der Waals surface area contributed by atoms with E-state index in [9.17, 15) is 0 Å². The molecule has 0 bridgehead atoms. The molecule has 0 unspecified atom stereocenters. The first-order valence-corrected chi connectivity index (χ1v) is 4.33. The van der Waals surface area contributed by atoms with Crippen LogP contribution in [0.2, 0.25) is 0 Å². The topological polar surface area (TPSA) is 44.5 Å². The maximum atomic E-state index is 5.82. The van der Waals surface area contributed by atoms with Crippen molar-refractivity contribution in [1.82, 2.24) is 0 Å². The highest BCUT2D eigenvalue weighted by Crippen LogP contribution is 2.28. The van der Waals surface area contributed by atoms with Crippen molar-refractivity contribution in [2.75, 3.05) is 14.2 Å². The normalized spacial score (nSPS) is 11.1. The molecule has 0 aromatic heterocycles. The average molecular weight is 230 g/mol. The van der Waals surface area contributed by atoms with Gasteiger partial charge in [0, 0.05) is 11.6 Å². The van der Waals surface area contributed by atoms with Gasteiger partial charge in [0.15, 0.2) is 0 Å². The Labute approximate surface area is 96.3 Å². The van der Waals surface area contributed by atoms with E-state index in [4.69, 9.17) is 15.2 Å². The molecule has 1 aromatic carbocycles. The summed E-state index contributed by atoms with van der Waals surface area (Å²) in [5.74, 6) is 1.47. The van der Waals surface area contributed by atoms with E-state index >= 15 is 0 Å². The van der Waals surface area contributed by atoms with E-state index in [-0.39, 0.29) is 18.4 Å². The van der Waals surface area contributed by atoms with Crippen molar-refractivity contribution in [2.24, 2.45) is 5.73 Å². The summed E-state index contributed by atoms with van der Waals surface area (Å²) in [5.41, 5.74) is 6.73. The molecule has 84 valence electrons. The second-order valence-corrected chi connectivity index (χ2v) is 2.87. The first-order chi connectivity index (χ1) is 6.72. The maximum absolute atomic E-state index is 5.82. The minimum atomic E-state index is -0.212. The quantitative estimate of drug-likeness (QED) is 0.806. The molecule has 1 aromatic rings. The van der Waals surface area contributed by atoms with Crippen LogP contribution in [0.3, 0.4) is 0 Å². The molecule has 0 spiro atoms. The third-order valence-electron chi connectivity index (χ3n) is 2.05. The van der Waals surface area contributed by atoms with Gasteiger partial charge in [0.05, 0.1) is 20.3 Å². The van der Waals surface area contributed by atoms with Crippen LogP contribution in [-0.4, -0.2) is 14.2 Å². The molecule has 1 rings (SSSR count). The SMILES string of the molecule is C=C[C@H](N)c1ccc(OC)cc1OC.Cl. The number of rotatable bonds is 4. The van der Waals surface area contributed by atoms with Crippen molar-refractivity contribution >= 4 is 12.4 Å². The average Bonchev–Trinajstić information content (AvgIpc) is 2.27. The highest BCUT2D eigenvalue weighted by molar-refractivity contribution is 5.85. The molecule has 0 saturated carbocycles. The molecule has 0 radical (unpaired) electrons. The van der Waals surface area contributed by atoms with Crippen LogP contribution in [0.5, 0.6) is 11.5 Å². The first kappa shape index (κ1) is 13.8. The summed E-state index contributed by atoms with van der Waals surface area (Å²) in [5, 5.41) is 0. The Hall–Kier alpha value is -1.19. The van der Waals surface area contributed by atoms with Crippen LogP contribution >= 0.6 is 12.4 Å². The van der Waals surface area contributed by atoms with Gasteiger partial charge in [0.25, 0.3) is 0 Å². The Morgan fingerprint density at radius 3 is 2.47 bits per heavy atom. The molecule has 3 nitrogen and oxygen atoms in total. The molecule has 0 saturated heterocycles. The number of halogens is 1. The molecule has 4 heteroatoms. The Morgan fingerprint density at radius 2 is 2.00 bits per heavy atom. The number of nitrogens with two attached hydrogens (primary N) is 1. The Balaban J connectivity index is 0.00000196. The Morgan fingerprint density at radius 1 is 1.33 bits per heavy atom. The minimum absolute atomic E-state index is 0. The molecule has 0 heterocycles. The van der Waals surface area contributed by atoms with Gasteiger partial charge >= 0.3 is 0 Å². The standard InChI is InChI=1S/C11H15NO2.ClH/c1-4-10(12)9-6-5-8(13-2)7-11(9)14-3;/h4-7,10H,1,12H2,2-3H3;1H/t10-;/m0./s1. The zero-order chi connectivity index (χ0) is 10.6. The number of benzene rings is 1. The van der Waals surface area contributed by atoms with Crippen LogP contribution in [-0.2, 0) is 0 Å². The molecule has 0 aliphatic heterocycles. The van der Waals surface area contributed by atoms with Crippen molar-refractivity contribution < 1.29 is 9.47 Å². The monoisotopic (exact) mass is 229 g/mol. The Kier molecular flexibility index (Phi) is 5.82. The van der Waals surface area contributed by atoms with E-state index in [2.05, 4.69) is 6.58 Å². The molecule has 0 aliphatic rings. The minimum Gasteiger partial charge on any atom is -0.497 e. The number of ether oxygens (including phenoxy) is 2. The van der Waals surface area contributed by atoms with Gasteiger partial charge < -0.3 is 15.2 Å². The third kappa shape index (κ3) is 3.15. The highest BCUT2D eigenvalue weighted by atomic mass is 35.5. The zero-order valence-corrected chi connectivity index (χ0v) is 9.71. The Bertz CT molecular complexity index is 328. The van der Waals surface area contributed by atoms with Gasteiger partial charge in [-0.25, -0.2) is 0 Å². The summed E-state index contributed by atoms with van der Waals surface area (Å²) < 4.78 is 10.3. The lowest BCUT2D eigenvalue weighted by Gasteiger charge is -2.13. The fourth-order valence-corrected chi connectivity index (χ4v) is 1.22. The summed E-state index contributed by atoms with van der Waals surface area (Å²) >= 11 is 0. The summed E-state index contributed by atoms with van der Waals surface area (Å²) in [4.78, 5) is 0. The van der Waals surface area contributed by atoms with Crippen LogP contribution in [0.4, 0.5) is 0 Å². The van der Waals surface area contributed by atoms with Crippen LogP contribution in [0.15, 0.2) is 30.9 Å². The van der Waals surface area contributed by atoms with Gasteiger partial charge in [-0.3, -0.25) is 0 Å². The van der Waals surface area contributed by atoms with Crippen molar-refractivity contribution in [3.8, 4) is 11.5 Å². The van der Waals surface area contributed by atoms with Gasteiger partial charge in [-0.1, -0.05) is 6.08 Å². The van der Waals surface area contributed by atoms with Gasteiger partial charge in [-0.2, -0.15) is 0 Å². The second kappa shape index (κ2) is 6.32. The molecule has 1 atom stereocenters. The van der Waals surface area contributed by atoms with Crippen LogP contribution in [0.1, 0.15) is 11.6 Å². The second-order valence-electron chi connectivity index (χ2n) is 2.87. The van der Waals surface area contributed by atoms with Crippen molar-refractivity contribution in [2.45, 2.75) is 6.04 Å². The molecular formula is C11H16ClNO2. The predicted molar refractivity (Wildman–Crippen MR) is 63.9 cm³/mol. The summed E-state index contributed by atoms with van der Waals surface area (Å²) in [7, 11) is 3.22. The summed E-state index contributed by atoms with van der Waals surface area (Å²) in [6.07, 6.45) is 1.67. The largest absolute Gasteiger partial charge is 0.497 e. The lowest BCUT2D eigenvalue weighted by Crippen LogP contribution is -2.08. The maximum Gasteiger partial charge on any atom is 0.127 e. The lowest BCUT2D eigenvalue weighted by molar-refractivity contribution is 0.390. The molecule has 15 heavy (non-hydrogen) atoms. The van der Waals surface area contributed by atoms with E-state index in [1.807, 2.05) is 12.1 Å². The van der Waals surface area contributed by atoms with E-state index in [1.165, 1.54) is 0 Å². The highest BCUT2D eigenvalue weighted by Gasteiger charge is 2.09. The molecule has 2 N–H and O–H groups in total. The number of hydrogen-bond acceptors (Lipinski definition) is 3. The molecule has 0 fully saturated rings. The summed E-state index contributed by atoms with van der Waals surface area (Å²) in [6.45, 7) is 3.64. The van der Waals surface area contributed by atoms with Gasteiger partial charge in [-0.05, 0) is 12.1 Å². The van der Waals surface area contributed by atoms with Crippen LogP contribution < -0.4 is 15.2 Å². The van der Waals surface area contributed by atoms with Crippen LogP contribution in [0, 0.1) is 0 Å². The van der Waals surface area contributed by atoms with Gasteiger partial charge in [-0.15, -0.1) is 19.0 Å². The zero-order valence-electron chi connectivity index (χ0n) is 8.90. The number of methoxy groups -OCH3 is 2.